The van der Waals surface area contributed by atoms with Crippen molar-refractivity contribution in [3.05, 3.63) is 41.7 Å². The molecular formula is C13H14O3S. The highest BCUT2D eigenvalue weighted by molar-refractivity contribution is 7.90. The van der Waals surface area contributed by atoms with E-state index in [1.807, 2.05) is 19.1 Å². The van der Waals surface area contributed by atoms with Crippen molar-refractivity contribution in [2.24, 2.45) is 0 Å². The van der Waals surface area contributed by atoms with Crippen molar-refractivity contribution in [1.82, 2.24) is 0 Å². The smallest absolute Gasteiger partial charge is 0.175 e. The number of benzene rings is 1. The van der Waals surface area contributed by atoms with Crippen LogP contribution in [0.2, 0.25) is 0 Å². The molecule has 0 aliphatic heterocycles. The molecule has 0 saturated carbocycles. The SMILES string of the molecule is Cc1cc(C)c(S(C)(=O)=O)cc1-c1ccco1. The van der Waals surface area contributed by atoms with Crippen molar-refractivity contribution in [1.29, 1.82) is 0 Å². The maximum Gasteiger partial charge on any atom is 0.175 e. The molecule has 1 aromatic carbocycles. The van der Waals surface area contributed by atoms with E-state index in [1.165, 1.54) is 6.26 Å². The number of rotatable bonds is 2. The van der Waals surface area contributed by atoms with Crippen LogP contribution in [0.4, 0.5) is 0 Å². The predicted molar refractivity (Wildman–Crippen MR) is 66.7 cm³/mol. The Hall–Kier alpha value is -1.55. The summed E-state index contributed by atoms with van der Waals surface area (Å²) in [7, 11) is -3.21. The second kappa shape index (κ2) is 4.04. The van der Waals surface area contributed by atoms with Crippen LogP contribution in [0.25, 0.3) is 11.3 Å². The molecule has 0 spiro atoms. The van der Waals surface area contributed by atoms with Gasteiger partial charge in [-0.05, 0) is 43.2 Å². The van der Waals surface area contributed by atoms with Gasteiger partial charge in [-0.1, -0.05) is 6.07 Å². The summed E-state index contributed by atoms with van der Waals surface area (Å²) in [6.07, 6.45) is 2.80. The molecule has 0 aliphatic rings. The van der Waals surface area contributed by atoms with Crippen LogP contribution >= 0.6 is 0 Å². The van der Waals surface area contributed by atoms with Gasteiger partial charge in [0.1, 0.15) is 5.76 Å². The minimum atomic E-state index is -3.21. The molecule has 0 saturated heterocycles. The van der Waals surface area contributed by atoms with Crippen LogP contribution in [0.15, 0.2) is 39.8 Å². The van der Waals surface area contributed by atoms with Crippen LogP contribution in [-0.4, -0.2) is 14.7 Å². The van der Waals surface area contributed by atoms with Crippen molar-refractivity contribution in [2.45, 2.75) is 18.7 Å². The maximum atomic E-state index is 11.7. The van der Waals surface area contributed by atoms with E-state index >= 15 is 0 Å². The van der Waals surface area contributed by atoms with Gasteiger partial charge in [-0.2, -0.15) is 0 Å². The summed E-state index contributed by atoms with van der Waals surface area (Å²) in [5, 5.41) is 0. The summed E-state index contributed by atoms with van der Waals surface area (Å²) >= 11 is 0. The van der Waals surface area contributed by atoms with Gasteiger partial charge in [-0.25, -0.2) is 8.42 Å². The summed E-state index contributed by atoms with van der Waals surface area (Å²) < 4.78 is 28.6. The van der Waals surface area contributed by atoms with E-state index in [9.17, 15) is 8.42 Å². The van der Waals surface area contributed by atoms with Crippen LogP contribution in [0, 0.1) is 13.8 Å². The first kappa shape index (κ1) is 11.9. The second-order valence-electron chi connectivity index (χ2n) is 4.18. The lowest BCUT2D eigenvalue weighted by Crippen LogP contribution is -2.01. The van der Waals surface area contributed by atoms with E-state index in [4.69, 9.17) is 4.42 Å². The monoisotopic (exact) mass is 250 g/mol. The lowest BCUT2D eigenvalue weighted by atomic mass is 10.0. The van der Waals surface area contributed by atoms with Gasteiger partial charge in [-0.15, -0.1) is 0 Å². The van der Waals surface area contributed by atoms with E-state index in [0.717, 1.165) is 16.7 Å². The first-order valence-electron chi connectivity index (χ1n) is 5.25. The van der Waals surface area contributed by atoms with Gasteiger partial charge in [0.2, 0.25) is 0 Å². The van der Waals surface area contributed by atoms with Crippen LogP contribution < -0.4 is 0 Å². The molecule has 90 valence electrons. The fourth-order valence-corrected chi connectivity index (χ4v) is 2.90. The van der Waals surface area contributed by atoms with Gasteiger partial charge in [0.05, 0.1) is 11.2 Å². The lowest BCUT2D eigenvalue weighted by Gasteiger charge is -2.09. The van der Waals surface area contributed by atoms with E-state index in [0.29, 0.717) is 10.7 Å². The first-order chi connectivity index (χ1) is 7.89. The molecule has 0 fully saturated rings. The summed E-state index contributed by atoms with van der Waals surface area (Å²) in [6, 6.07) is 7.16. The molecule has 0 amide bonds. The fraction of sp³-hybridized carbons (Fsp3) is 0.231. The number of sulfone groups is 1. The number of hydrogen-bond acceptors (Lipinski definition) is 3. The molecule has 0 bridgehead atoms. The van der Waals surface area contributed by atoms with Crippen LogP contribution in [0.3, 0.4) is 0 Å². The summed E-state index contributed by atoms with van der Waals surface area (Å²) in [5.74, 6) is 0.687. The molecule has 3 nitrogen and oxygen atoms in total. The molecule has 1 heterocycles. The number of furan rings is 1. The minimum absolute atomic E-state index is 0.356. The standard InChI is InChI=1S/C13H14O3S/c1-9-7-10(2)13(17(3,14)15)8-11(9)12-5-4-6-16-12/h4-8H,1-3H3. The average Bonchev–Trinajstić information content (AvgIpc) is 2.68. The van der Waals surface area contributed by atoms with Crippen molar-refractivity contribution < 1.29 is 12.8 Å². The predicted octanol–water partition coefficient (Wildman–Crippen LogP) is 2.97. The minimum Gasteiger partial charge on any atom is -0.464 e. The highest BCUT2D eigenvalue weighted by Crippen LogP contribution is 2.28. The number of hydrogen-bond donors (Lipinski definition) is 0. The molecule has 17 heavy (non-hydrogen) atoms. The van der Waals surface area contributed by atoms with E-state index in [1.54, 1.807) is 25.3 Å². The largest absolute Gasteiger partial charge is 0.464 e. The molecule has 1 aromatic heterocycles. The highest BCUT2D eigenvalue weighted by atomic mass is 32.2. The van der Waals surface area contributed by atoms with Crippen molar-refractivity contribution in [3.8, 4) is 11.3 Å². The molecule has 0 atom stereocenters. The Labute approximate surface area is 101 Å². The molecular weight excluding hydrogens is 236 g/mol. The topological polar surface area (TPSA) is 47.3 Å². The Kier molecular flexibility index (Phi) is 2.83. The summed E-state index contributed by atoms with van der Waals surface area (Å²) in [6.45, 7) is 3.74. The highest BCUT2D eigenvalue weighted by Gasteiger charge is 2.15. The second-order valence-corrected chi connectivity index (χ2v) is 6.17. The molecule has 0 aliphatic carbocycles. The third-order valence-corrected chi connectivity index (χ3v) is 3.95. The quantitative estimate of drug-likeness (QED) is 0.823. The Morgan fingerprint density at radius 2 is 1.82 bits per heavy atom. The zero-order chi connectivity index (χ0) is 12.6. The average molecular weight is 250 g/mol. The van der Waals surface area contributed by atoms with E-state index in [-0.39, 0.29) is 0 Å². The Balaban J connectivity index is 2.71. The van der Waals surface area contributed by atoms with E-state index < -0.39 is 9.84 Å². The lowest BCUT2D eigenvalue weighted by molar-refractivity contribution is 0.581. The molecule has 0 radical (unpaired) electrons. The van der Waals surface area contributed by atoms with Crippen LogP contribution in [0.5, 0.6) is 0 Å². The molecule has 2 aromatic rings. The van der Waals surface area contributed by atoms with E-state index in [2.05, 4.69) is 0 Å². The van der Waals surface area contributed by atoms with Gasteiger partial charge < -0.3 is 4.42 Å². The fourth-order valence-electron chi connectivity index (χ4n) is 1.93. The van der Waals surface area contributed by atoms with Gasteiger partial charge in [0.15, 0.2) is 9.84 Å². The maximum absolute atomic E-state index is 11.7. The summed E-state index contributed by atoms with van der Waals surface area (Å²) in [4.78, 5) is 0.356. The van der Waals surface area contributed by atoms with Gasteiger partial charge in [-0.3, -0.25) is 0 Å². The zero-order valence-corrected chi connectivity index (χ0v) is 10.8. The molecule has 0 unspecified atom stereocenters. The van der Waals surface area contributed by atoms with Crippen LogP contribution in [-0.2, 0) is 9.84 Å². The molecule has 4 heteroatoms. The van der Waals surface area contributed by atoms with Crippen molar-refractivity contribution in [3.63, 3.8) is 0 Å². The Morgan fingerprint density at radius 1 is 1.12 bits per heavy atom. The van der Waals surface area contributed by atoms with Gasteiger partial charge in [0.25, 0.3) is 0 Å². The molecule has 2 rings (SSSR count). The van der Waals surface area contributed by atoms with Gasteiger partial charge in [0, 0.05) is 11.8 Å². The Bertz CT molecular complexity index is 638. The zero-order valence-electron chi connectivity index (χ0n) is 10.0. The van der Waals surface area contributed by atoms with Gasteiger partial charge >= 0.3 is 0 Å². The molecule has 0 N–H and O–H groups in total. The van der Waals surface area contributed by atoms with Crippen molar-refractivity contribution >= 4 is 9.84 Å². The first-order valence-corrected chi connectivity index (χ1v) is 7.14. The summed E-state index contributed by atoms with van der Waals surface area (Å²) in [5.41, 5.74) is 2.59. The normalized spacial score (nSPS) is 11.7. The Morgan fingerprint density at radius 3 is 2.35 bits per heavy atom. The third-order valence-electron chi connectivity index (χ3n) is 2.71. The third kappa shape index (κ3) is 2.26. The van der Waals surface area contributed by atoms with Crippen LogP contribution in [0.1, 0.15) is 11.1 Å². The number of aryl methyl sites for hydroxylation is 2. The van der Waals surface area contributed by atoms with Crippen molar-refractivity contribution in [2.75, 3.05) is 6.26 Å².